The van der Waals surface area contributed by atoms with Crippen LogP contribution in [-0.2, 0) is 0 Å². The molecule has 0 unspecified atom stereocenters. The van der Waals surface area contributed by atoms with Crippen molar-refractivity contribution >= 4 is 11.4 Å². The molecular weight excluding hydrogens is 174 g/mol. The molecule has 0 atom stereocenters. The lowest BCUT2D eigenvalue weighted by molar-refractivity contribution is 0.501. The number of hydrogen-bond acceptors (Lipinski definition) is 3. The molecule has 0 bridgehead atoms. The van der Waals surface area contributed by atoms with Crippen LogP contribution in [0.1, 0.15) is 12.8 Å². The zero-order valence-electron chi connectivity index (χ0n) is 8.32. The maximum absolute atomic E-state index is 5.85. The number of piperidine rings is 1. The van der Waals surface area contributed by atoms with Crippen molar-refractivity contribution in [2.75, 3.05) is 23.7 Å². The first-order chi connectivity index (χ1) is 6.75. The highest BCUT2D eigenvalue weighted by Gasteiger charge is 2.15. The number of nitrogen functional groups attached to an aromatic ring is 1. The SMILES string of the molecule is Nc1ccc(N2CCC(N)CC2)cc1. The van der Waals surface area contributed by atoms with Crippen LogP contribution in [0.2, 0.25) is 0 Å². The molecule has 3 nitrogen and oxygen atoms in total. The van der Waals surface area contributed by atoms with E-state index >= 15 is 0 Å². The van der Waals surface area contributed by atoms with Gasteiger partial charge in [0.2, 0.25) is 0 Å². The lowest BCUT2D eigenvalue weighted by Gasteiger charge is -2.32. The van der Waals surface area contributed by atoms with E-state index in [4.69, 9.17) is 11.5 Å². The number of anilines is 2. The third-order valence-corrected chi connectivity index (χ3v) is 2.80. The smallest absolute Gasteiger partial charge is 0.0367 e. The van der Waals surface area contributed by atoms with Crippen LogP contribution in [0.4, 0.5) is 11.4 Å². The van der Waals surface area contributed by atoms with E-state index in [1.807, 2.05) is 12.1 Å². The normalized spacial score (nSPS) is 18.5. The molecule has 1 aromatic carbocycles. The number of nitrogens with two attached hydrogens (primary N) is 2. The van der Waals surface area contributed by atoms with Crippen LogP contribution in [0.3, 0.4) is 0 Å². The van der Waals surface area contributed by atoms with Crippen molar-refractivity contribution in [3.63, 3.8) is 0 Å². The molecule has 0 radical (unpaired) electrons. The Hall–Kier alpha value is -1.22. The molecule has 0 amide bonds. The minimum absolute atomic E-state index is 0.389. The number of nitrogens with zero attached hydrogens (tertiary/aromatic N) is 1. The van der Waals surface area contributed by atoms with E-state index in [0.717, 1.165) is 31.6 Å². The van der Waals surface area contributed by atoms with E-state index in [9.17, 15) is 0 Å². The van der Waals surface area contributed by atoms with Crippen LogP contribution in [0.15, 0.2) is 24.3 Å². The van der Waals surface area contributed by atoms with Gasteiger partial charge in [-0.05, 0) is 37.1 Å². The fourth-order valence-corrected chi connectivity index (χ4v) is 1.84. The van der Waals surface area contributed by atoms with Gasteiger partial charge in [0.05, 0.1) is 0 Å². The summed E-state index contributed by atoms with van der Waals surface area (Å²) in [6.45, 7) is 2.12. The fraction of sp³-hybridized carbons (Fsp3) is 0.455. The van der Waals surface area contributed by atoms with Crippen LogP contribution in [-0.4, -0.2) is 19.1 Å². The van der Waals surface area contributed by atoms with Gasteiger partial charge in [0, 0.05) is 30.5 Å². The van der Waals surface area contributed by atoms with Gasteiger partial charge in [0.1, 0.15) is 0 Å². The van der Waals surface area contributed by atoms with Crippen molar-refractivity contribution in [2.24, 2.45) is 5.73 Å². The Kier molecular flexibility index (Phi) is 2.59. The molecular formula is C11H17N3. The third-order valence-electron chi connectivity index (χ3n) is 2.80. The van der Waals surface area contributed by atoms with Gasteiger partial charge in [-0.1, -0.05) is 0 Å². The largest absolute Gasteiger partial charge is 0.399 e. The van der Waals surface area contributed by atoms with Crippen LogP contribution in [0.25, 0.3) is 0 Å². The Morgan fingerprint density at radius 1 is 1.07 bits per heavy atom. The number of rotatable bonds is 1. The number of benzene rings is 1. The van der Waals surface area contributed by atoms with Gasteiger partial charge >= 0.3 is 0 Å². The van der Waals surface area contributed by atoms with Crippen LogP contribution >= 0.6 is 0 Å². The van der Waals surface area contributed by atoms with Gasteiger partial charge < -0.3 is 16.4 Å². The molecule has 0 saturated carbocycles. The Balaban J connectivity index is 2.05. The minimum atomic E-state index is 0.389. The molecule has 1 heterocycles. The Morgan fingerprint density at radius 2 is 1.64 bits per heavy atom. The topological polar surface area (TPSA) is 55.3 Å². The molecule has 1 saturated heterocycles. The van der Waals surface area contributed by atoms with Crippen LogP contribution in [0, 0.1) is 0 Å². The standard InChI is InChI=1S/C11H17N3/c12-9-1-3-11(4-2-9)14-7-5-10(13)6-8-14/h1-4,10H,5-8,12-13H2. The molecule has 3 heteroatoms. The monoisotopic (exact) mass is 191 g/mol. The summed E-state index contributed by atoms with van der Waals surface area (Å²) < 4.78 is 0. The van der Waals surface area contributed by atoms with Gasteiger partial charge in [-0.15, -0.1) is 0 Å². The highest BCUT2D eigenvalue weighted by Crippen LogP contribution is 2.20. The summed E-state index contributed by atoms with van der Waals surface area (Å²) in [6, 6.07) is 8.44. The lowest BCUT2D eigenvalue weighted by Crippen LogP contribution is -2.39. The molecule has 1 fully saturated rings. The Morgan fingerprint density at radius 3 is 2.21 bits per heavy atom. The van der Waals surface area contributed by atoms with E-state index in [2.05, 4.69) is 17.0 Å². The maximum atomic E-state index is 5.85. The van der Waals surface area contributed by atoms with Gasteiger partial charge in [0.25, 0.3) is 0 Å². The Labute approximate surface area is 84.7 Å². The lowest BCUT2D eigenvalue weighted by atomic mass is 10.1. The Bertz CT molecular complexity index is 286. The average molecular weight is 191 g/mol. The summed E-state index contributed by atoms with van der Waals surface area (Å²) in [7, 11) is 0. The summed E-state index contributed by atoms with van der Waals surface area (Å²) in [5, 5.41) is 0. The summed E-state index contributed by atoms with van der Waals surface area (Å²) in [4.78, 5) is 2.36. The predicted molar refractivity (Wildman–Crippen MR) is 60.3 cm³/mol. The molecule has 0 aromatic heterocycles. The van der Waals surface area contributed by atoms with E-state index in [-0.39, 0.29) is 0 Å². The summed E-state index contributed by atoms with van der Waals surface area (Å²) in [5.74, 6) is 0. The number of hydrogen-bond donors (Lipinski definition) is 2. The second-order valence-electron chi connectivity index (χ2n) is 3.92. The molecule has 4 N–H and O–H groups in total. The second kappa shape index (κ2) is 3.88. The molecule has 2 rings (SSSR count). The quantitative estimate of drug-likeness (QED) is 0.656. The fourth-order valence-electron chi connectivity index (χ4n) is 1.84. The van der Waals surface area contributed by atoms with Crippen molar-refractivity contribution in [3.8, 4) is 0 Å². The van der Waals surface area contributed by atoms with Crippen molar-refractivity contribution in [1.29, 1.82) is 0 Å². The second-order valence-corrected chi connectivity index (χ2v) is 3.92. The highest BCUT2D eigenvalue weighted by atomic mass is 15.1. The van der Waals surface area contributed by atoms with E-state index < -0.39 is 0 Å². The van der Waals surface area contributed by atoms with Gasteiger partial charge in [-0.3, -0.25) is 0 Å². The first-order valence-corrected chi connectivity index (χ1v) is 5.12. The summed E-state index contributed by atoms with van der Waals surface area (Å²) >= 11 is 0. The molecule has 0 aliphatic carbocycles. The van der Waals surface area contributed by atoms with Gasteiger partial charge in [0.15, 0.2) is 0 Å². The van der Waals surface area contributed by atoms with Crippen molar-refractivity contribution in [2.45, 2.75) is 18.9 Å². The molecule has 1 aliphatic heterocycles. The molecule has 76 valence electrons. The van der Waals surface area contributed by atoms with Gasteiger partial charge in [-0.25, -0.2) is 0 Å². The van der Waals surface area contributed by atoms with Crippen molar-refractivity contribution < 1.29 is 0 Å². The predicted octanol–water partition coefficient (Wildman–Crippen LogP) is 1.20. The van der Waals surface area contributed by atoms with Crippen LogP contribution in [0.5, 0.6) is 0 Å². The van der Waals surface area contributed by atoms with E-state index in [1.165, 1.54) is 5.69 Å². The van der Waals surface area contributed by atoms with Crippen LogP contribution < -0.4 is 16.4 Å². The minimum Gasteiger partial charge on any atom is -0.399 e. The summed E-state index contributed by atoms with van der Waals surface area (Å²) in [5.41, 5.74) is 13.6. The molecule has 0 spiro atoms. The highest BCUT2D eigenvalue weighted by molar-refractivity contribution is 5.53. The summed E-state index contributed by atoms with van der Waals surface area (Å²) in [6.07, 6.45) is 2.18. The molecule has 1 aromatic rings. The first kappa shape index (κ1) is 9.34. The zero-order valence-corrected chi connectivity index (χ0v) is 8.32. The van der Waals surface area contributed by atoms with E-state index in [0.29, 0.717) is 6.04 Å². The van der Waals surface area contributed by atoms with Gasteiger partial charge in [-0.2, -0.15) is 0 Å². The van der Waals surface area contributed by atoms with Crippen molar-refractivity contribution in [1.82, 2.24) is 0 Å². The average Bonchev–Trinajstić information content (AvgIpc) is 2.21. The van der Waals surface area contributed by atoms with Crippen molar-refractivity contribution in [3.05, 3.63) is 24.3 Å². The molecule has 14 heavy (non-hydrogen) atoms. The molecule has 1 aliphatic rings. The first-order valence-electron chi connectivity index (χ1n) is 5.12. The van der Waals surface area contributed by atoms with E-state index in [1.54, 1.807) is 0 Å². The maximum Gasteiger partial charge on any atom is 0.0367 e. The zero-order chi connectivity index (χ0) is 9.97. The third kappa shape index (κ3) is 1.99.